The van der Waals surface area contributed by atoms with E-state index in [9.17, 15) is 4.79 Å². The molecule has 0 aliphatic heterocycles. The van der Waals surface area contributed by atoms with Gasteiger partial charge >= 0.3 is 6.09 Å². The fourth-order valence-corrected chi connectivity index (χ4v) is 1.28. The maximum absolute atomic E-state index is 11.5. The molecular formula is C13H16N2O3. The van der Waals surface area contributed by atoms with E-state index < -0.39 is 11.7 Å². The lowest BCUT2D eigenvalue weighted by Gasteiger charge is -2.19. The van der Waals surface area contributed by atoms with Gasteiger partial charge in [-0.2, -0.15) is 0 Å². The van der Waals surface area contributed by atoms with Gasteiger partial charge in [-0.3, -0.25) is 5.32 Å². The molecule has 18 heavy (non-hydrogen) atoms. The number of ether oxygens (including phenoxy) is 2. The van der Waals surface area contributed by atoms with E-state index in [4.69, 9.17) is 16.0 Å². The van der Waals surface area contributed by atoms with E-state index in [0.29, 0.717) is 17.1 Å². The Hall–Kier alpha value is -2.22. The number of nitrogens with zero attached hydrogens (tertiary/aromatic N) is 1. The van der Waals surface area contributed by atoms with E-state index in [0.717, 1.165) is 0 Å². The van der Waals surface area contributed by atoms with Crippen molar-refractivity contribution in [3.63, 3.8) is 0 Å². The van der Waals surface area contributed by atoms with Crippen molar-refractivity contribution in [1.82, 2.24) is 0 Å². The quantitative estimate of drug-likeness (QED) is 0.814. The summed E-state index contributed by atoms with van der Waals surface area (Å²) in [5.41, 5.74) is 0.279. The molecule has 0 bridgehead atoms. The van der Waals surface area contributed by atoms with Gasteiger partial charge in [0, 0.05) is 5.69 Å². The molecule has 0 heterocycles. The minimum Gasteiger partial charge on any atom is -0.508 e. The van der Waals surface area contributed by atoms with Crippen LogP contribution in [-0.2, 0) is 4.74 Å². The highest BCUT2D eigenvalue weighted by Gasteiger charge is 2.16. The smallest absolute Gasteiger partial charge is 0.412 e. The van der Waals surface area contributed by atoms with E-state index in [1.165, 1.54) is 13.2 Å². The van der Waals surface area contributed by atoms with Crippen molar-refractivity contribution >= 4 is 17.5 Å². The van der Waals surface area contributed by atoms with Gasteiger partial charge in [0.2, 0.25) is 5.69 Å². The second-order valence-corrected chi connectivity index (χ2v) is 4.63. The molecule has 1 amide bonds. The third-order valence-corrected chi connectivity index (χ3v) is 1.94. The number of rotatable bonds is 2. The van der Waals surface area contributed by atoms with E-state index in [2.05, 4.69) is 10.2 Å². The van der Waals surface area contributed by atoms with E-state index >= 15 is 0 Å². The lowest BCUT2D eigenvalue weighted by Crippen LogP contribution is -2.27. The fraction of sp³-hybridized carbons (Fsp3) is 0.385. The molecule has 1 rings (SSSR count). The number of hydrogen-bond donors (Lipinski definition) is 1. The molecular weight excluding hydrogens is 232 g/mol. The molecule has 5 heteroatoms. The van der Waals surface area contributed by atoms with Crippen molar-refractivity contribution in [3.05, 3.63) is 29.6 Å². The van der Waals surface area contributed by atoms with E-state index in [-0.39, 0.29) is 0 Å². The first-order chi connectivity index (χ1) is 8.35. The van der Waals surface area contributed by atoms with Crippen LogP contribution in [0.1, 0.15) is 20.8 Å². The molecule has 1 N–H and O–H groups in total. The molecule has 0 spiro atoms. The Bertz CT molecular complexity index is 484. The van der Waals surface area contributed by atoms with Crippen molar-refractivity contribution in [2.75, 3.05) is 12.4 Å². The van der Waals surface area contributed by atoms with Gasteiger partial charge in [0.25, 0.3) is 0 Å². The Morgan fingerprint density at radius 3 is 2.56 bits per heavy atom. The average Bonchev–Trinajstić information content (AvgIpc) is 2.26. The number of carbonyl (C=O) groups excluding carboxylic acids is 1. The number of anilines is 1. The molecule has 0 unspecified atom stereocenters. The molecule has 96 valence electrons. The first kappa shape index (κ1) is 13.8. The highest BCUT2D eigenvalue weighted by atomic mass is 16.6. The summed E-state index contributed by atoms with van der Waals surface area (Å²) in [6.07, 6.45) is -0.552. The normalized spacial score (nSPS) is 10.4. The van der Waals surface area contributed by atoms with Crippen LogP contribution in [0.15, 0.2) is 18.2 Å². The van der Waals surface area contributed by atoms with Crippen LogP contribution >= 0.6 is 0 Å². The topological polar surface area (TPSA) is 51.9 Å². The summed E-state index contributed by atoms with van der Waals surface area (Å²) in [5, 5.41) is 2.56. The predicted molar refractivity (Wildman–Crippen MR) is 69.1 cm³/mol. The predicted octanol–water partition coefficient (Wildman–Crippen LogP) is 3.59. The summed E-state index contributed by atoms with van der Waals surface area (Å²) >= 11 is 0. The third-order valence-electron chi connectivity index (χ3n) is 1.94. The molecule has 0 aliphatic rings. The fourth-order valence-electron chi connectivity index (χ4n) is 1.28. The summed E-state index contributed by atoms with van der Waals surface area (Å²) in [7, 11) is 1.49. The van der Waals surface area contributed by atoms with E-state index in [1.54, 1.807) is 32.9 Å². The van der Waals surface area contributed by atoms with Crippen molar-refractivity contribution in [3.8, 4) is 5.75 Å². The SMILES string of the molecule is [C-]#[N+]c1cc(NC(=O)OC(C)(C)C)ccc1OC. The highest BCUT2D eigenvalue weighted by molar-refractivity contribution is 5.86. The molecule has 0 aromatic heterocycles. The molecule has 5 nitrogen and oxygen atoms in total. The number of benzene rings is 1. The Labute approximate surface area is 107 Å². The summed E-state index contributed by atoms with van der Waals surface area (Å²) in [4.78, 5) is 14.9. The van der Waals surface area contributed by atoms with Crippen LogP contribution in [0.5, 0.6) is 5.75 Å². The van der Waals surface area contributed by atoms with Gasteiger partial charge in [0.1, 0.15) is 11.4 Å². The van der Waals surface area contributed by atoms with Crippen LogP contribution in [0.25, 0.3) is 4.85 Å². The van der Waals surface area contributed by atoms with Crippen molar-refractivity contribution in [2.45, 2.75) is 26.4 Å². The first-order valence-electron chi connectivity index (χ1n) is 5.41. The molecule has 0 saturated heterocycles. The number of nitrogens with one attached hydrogen (secondary N) is 1. The van der Waals surface area contributed by atoms with Gasteiger partial charge in [0.05, 0.1) is 13.7 Å². The Balaban J connectivity index is 2.81. The first-order valence-corrected chi connectivity index (χ1v) is 5.41. The zero-order valence-electron chi connectivity index (χ0n) is 10.9. The van der Waals surface area contributed by atoms with Gasteiger partial charge in [-0.05, 0) is 39.0 Å². The molecule has 0 atom stereocenters. The van der Waals surface area contributed by atoms with Crippen molar-refractivity contribution in [2.24, 2.45) is 0 Å². The minimum atomic E-state index is -0.556. The zero-order valence-corrected chi connectivity index (χ0v) is 10.9. The molecule has 1 aromatic carbocycles. The molecule has 0 fully saturated rings. The highest BCUT2D eigenvalue weighted by Crippen LogP contribution is 2.30. The van der Waals surface area contributed by atoms with Crippen molar-refractivity contribution in [1.29, 1.82) is 0 Å². The van der Waals surface area contributed by atoms with Gasteiger partial charge < -0.3 is 9.47 Å². The van der Waals surface area contributed by atoms with Crippen LogP contribution in [-0.4, -0.2) is 18.8 Å². The van der Waals surface area contributed by atoms with Crippen LogP contribution < -0.4 is 10.1 Å². The monoisotopic (exact) mass is 248 g/mol. The number of hydrogen-bond acceptors (Lipinski definition) is 3. The largest absolute Gasteiger partial charge is 0.508 e. The Morgan fingerprint density at radius 1 is 1.39 bits per heavy atom. The standard InChI is InChI=1S/C13H16N2O3/c1-13(2,3)18-12(16)15-9-6-7-11(17-5)10(8-9)14-4/h6-8H,1-3,5H3,(H,15,16). The molecule has 0 saturated carbocycles. The van der Waals surface area contributed by atoms with Gasteiger partial charge in [-0.1, -0.05) is 0 Å². The number of amides is 1. The van der Waals surface area contributed by atoms with Crippen LogP contribution in [0, 0.1) is 6.57 Å². The lowest BCUT2D eigenvalue weighted by atomic mass is 10.2. The molecule has 0 radical (unpaired) electrons. The van der Waals surface area contributed by atoms with Crippen LogP contribution in [0.3, 0.4) is 0 Å². The van der Waals surface area contributed by atoms with Crippen LogP contribution in [0.2, 0.25) is 0 Å². The van der Waals surface area contributed by atoms with E-state index in [1.807, 2.05) is 0 Å². The van der Waals surface area contributed by atoms with Crippen LogP contribution in [0.4, 0.5) is 16.2 Å². The summed E-state index contributed by atoms with van der Waals surface area (Å²) < 4.78 is 10.1. The summed E-state index contributed by atoms with van der Waals surface area (Å²) in [6.45, 7) is 12.4. The maximum atomic E-state index is 11.5. The van der Waals surface area contributed by atoms with Gasteiger partial charge in [-0.15, -0.1) is 0 Å². The third kappa shape index (κ3) is 3.98. The van der Waals surface area contributed by atoms with Crippen molar-refractivity contribution < 1.29 is 14.3 Å². The second-order valence-electron chi connectivity index (χ2n) is 4.63. The minimum absolute atomic E-state index is 0.339. The average molecular weight is 248 g/mol. The zero-order chi connectivity index (χ0) is 13.8. The summed E-state index contributed by atoms with van der Waals surface area (Å²) in [5.74, 6) is 0.472. The van der Waals surface area contributed by atoms with Gasteiger partial charge in [-0.25, -0.2) is 9.64 Å². The molecule has 0 aliphatic carbocycles. The second kappa shape index (κ2) is 5.41. The van der Waals surface area contributed by atoms with Gasteiger partial charge in [0.15, 0.2) is 0 Å². The molecule has 1 aromatic rings. The number of methoxy groups -OCH3 is 1. The summed E-state index contributed by atoms with van der Waals surface area (Å²) in [6, 6.07) is 4.81. The maximum Gasteiger partial charge on any atom is 0.412 e. The lowest BCUT2D eigenvalue weighted by molar-refractivity contribution is 0.0636. The Morgan fingerprint density at radius 2 is 2.06 bits per heavy atom. The number of carbonyl (C=O) groups is 1. The Kier molecular flexibility index (Phi) is 4.16.